The number of carboxylic acids is 1. The number of amides is 3. The first-order valence-corrected chi connectivity index (χ1v) is 14.2. The van der Waals surface area contributed by atoms with Gasteiger partial charge in [-0.3, -0.25) is 19.4 Å². The lowest BCUT2D eigenvalue weighted by molar-refractivity contribution is -0.143. The van der Waals surface area contributed by atoms with Gasteiger partial charge in [-0.1, -0.05) is 62.7 Å². The molecule has 0 saturated heterocycles. The summed E-state index contributed by atoms with van der Waals surface area (Å²) < 4.78 is 0. The predicted octanol–water partition coefficient (Wildman–Crippen LogP) is 0.143. The van der Waals surface area contributed by atoms with Gasteiger partial charge in [0.05, 0.1) is 6.04 Å². The number of guanidine groups is 1. The molecule has 5 unspecified atom stereocenters. The monoisotopic (exact) mass is 597 g/mol. The summed E-state index contributed by atoms with van der Waals surface area (Å²) in [5, 5.41) is 27.1. The maximum atomic E-state index is 13.6. The molecule has 43 heavy (non-hydrogen) atoms. The van der Waals surface area contributed by atoms with E-state index in [0.717, 1.165) is 5.56 Å². The third-order valence-electron chi connectivity index (χ3n) is 7.00. The number of nitrogens with zero attached hydrogens (tertiary/aromatic N) is 1. The molecule has 0 fully saturated rings. The molecule has 0 aliphatic rings. The van der Waals surface area contributed by atoms with Gasteiger partial charge in [0.2, 0.25) is 17.7 Å². The number of nitrogens with one attached hydrogen (secondary N) is 3. The number of aliphatic carboxylic acids is 1. The van der Waals surface area contributed by atoms with Gasteiger partial charge in [0.15, 0.2) is 5.96 Å². The summed E-state index contributed by atoms with van der Waals surface area (Å²) in [5.74, 6) is -3.49. The molecule has 234 valence electrons. The zero-order valence-electron chi connectivity index (χ0n) is 24.5. The van der Waals surface area contributed by atoms with Crippen molar-refractivity contribution in [3.05, 3.63) is 65.7 Å². The summed E-state index contributed by atoms with van der Waals surface area (Å²) in [7, 11) is 0. The molecule has 13 nitrogen and oxygen atoms in total. The van der Waals surface area contributed by atoms with Crippen LogP contribution >= 0.6 is 0 Å². The van der Waals surface area contributed by atoms with Crippen LogP contribution in [0.1, 0.15) is 44.2 Å². The molecule has 13 heteroatoms. The van der Waals surface area contributed by atoms with Crippen molar-refractivity contribution in [2.75, 3.05) is 6.54 Å². The number of nitrogens with two attached hydrogens (primary N) is 3. The van der Waals surface area contributed by atoms with E-state index in [-0.39, 0.29) is 43.4 Å². The Kier molecular flexibility index (Phi) is 13.9. The van der Waals surface area contributed by atoms with Crippen molar-refractivity contribution in [2.45, 2.75) is 70.1 Å². The maximum absolute atomic E-state index is 13.6. The zero-order chi connectivity index (χ0) is 31.9. The topological polar surface area (TPSA) is 235 Å². The fraction of sp³-hybridized carbons (Fsp3) is 0.433. The molecule has 0 aliphatic heterocycles. The first-order valence-electron chi connectivity index (χ1n) is 14.2. The number of carbonyl (C=O) groups excluding carboxylic acids is 3. The average molecular weight is 598 g/mol. The average Bonchev–Trinajstić information content (AvgIpc) is 2.97. The number of carboxylic acid groups (broad SMARTS) is 1. The molecule has 0 aromatic heterocycles. The van der Waals surface area contributed by atoms with E-state index in [1.165, 1.54) is 12.1 Å². The third kappa shape index (κ3) is 12.0. The normalized spacial score (nSPS) is 14.3. The summed E-state index contributed by atoms with van der Waals surface area (Å²) in [5.41, 5.74) is 18.4. The van der Waals surface area contributed by atoms with E-state index in [0.29, 0.717) is 18.4 Å². The Morgan fingerprint density at radius 2 is 1.42 bits per heavy atom. The third-order valence-corrected chi connectivity index (χ3v) is 7.00. The van der Waals surface area contributed by atoms with Gasteiger partial charge >= 0.3 is 5.97 Å². The van der Waals surface area contributed by atoms with Crippen molar-refractivity contribution in [2.24, 2.45) is 28.1 Å². The van der Waals surface area contributed by atoms with E-state index < -0.39 is 47.9 Å². The Labute approximate surface area is 251 Å². The number of aliphatic imine (C=N–C) groups is 1. The van der Waals surface area contributed by atoms with Crippen molar-refractivity contribution in [1.82, 2.24) is 16.0 Å². The first-order chi connectivity index (χ1) is 20.4. The van der Waals surface area contributed by atoms with E-state index >= 15 is 0 Å². The van der Waals surface area contributed by atoms with Crippen molar-refractivity contribution in [1.29, 1.82) is 0 Å². The standard InChI is InChI=1S/C30H43N7O6/c1-3-18(2)25(29(42)43)37-28(41)24(17-19-8-5-4-6-9-19)36-27(40)23(10-7-15-34-30(32)33)35-26(39)22(31)16-20-11-13-21(38)14-12-20/h4-6,8-9,11-14,18,22-25,38H,3,7,10,15-17,31H2,1-2H3,(H,35,39)(H,36,40)(H,37,41)(H,42,43)(H4,32,33,34). The molecule has 0 saturated carbocycles. The van der Waals surface area contributed by atoms with Crippen LogP contribution in [0, 0.1) is 5.92 Å². The Balaban J connectivity index is 2.25. The van der Waals surface area contributed by atoms with Crippen LogP contribution in [0.3, 0.4) is 0 Å². The van der Waals surface area contributed by atoms with Crippen molar-refractivity contribution in [3.63, 3.8) is 0 Å². The number of rotatable bonds is 17. The SMILES string of the molecule is CCC(C)C(NC(=O)C(Cc1ccccc1)NC(=O)C(CCCN=C(N)N)NC(=O)C(N)Cc1ccc(O)cc1)C(=O)O. The second-order valence-corrected chi connectivity index (χ2v) is 10.4. The van der Waals surface area contributed by atoms with E-state index in [4.69, 9.17) is 17.2 Å². The molecule has 2 aromatic carbocycles. The quantitative estimate of drug-likeness (QED) is 0.0702. The number of hydrogen-bond acceptors (Lipinski definition) is 7. The van der Waals surface area contributed by atoms with E-state index in [1.807, 2.05) is 13.0 Å². The number of hydrogen-bond donors (Lipinski definition) is 8. The Morgan fingerprint density at radius 3 is 2.00 bits per heavy atom. The summed E-state index contributed by atoms with van der Waals surface area (Å²) in [6.45, 7) is 3.73. The summed E-state index contributed by atoms with van der Waals surface area (Å²) in [6, 6.07) is 10.8. The van der Waals surface area contributed by atoms with Crippen LogP contribution in [0.4, 0.5) is 0 Å². The van der Waals surface area contributed by atoms with E-state index in [9.17, 15) is 29.4 Å². The number of aromatic hydroxyl groups is 1. The van der Waals surface area contributed by atoms with Crippen molar-refractivity contribution >= 4 is 29.7 Å². The lowest BCUT2D eigenvalue weighted by atomic mass is 9.98. The van der Waals surface area contributed by atoms with Gasteiger partial charge < -0.3 is 43.4 Å². The van der Waals surface area contributed by atoms with Gasteiger partial charge in [-0.25, -0.2) is 4.79 Å². The minimum Gasteiger partial charge on any atom is -0.508 e. The van der Waals surface area contributed by atoms with Gasteiger partial charge in [0.25, 0.3) is 0 Å². The summed E-state index contributed by atoms with van der Waals surface area (Å²) in [6.07, 6.45) is 1.21. The van der Waals surface area contributed by atoms with Crippen LogP contribution in [0.15, 0.2) is 59.6 Å². The van der Waals surface area contributed by atoms with Crippen LogP contribution in [-0.4, -0.2) is 70.6 Å². The molecular weight excluding hydrogens is 554 g/mol. The molecule has 11 N–H and O–H groups in total. The molecule has 0 aliphatic carbocycles. The van der Waals surface area contributed by atoms with Gasteiger partial charge in [-0.15, -0.1) is 0 Å². The number of phenolic OH excluding ortho intramolecular Hbond substituents is 1. The number of phenols is 1. The van der Waals surface area contributed by atoms with Crippen LogP contribution < -0.4 is 33.2 Å². The highest BCUT2D eigenvalue weighted by atomic mass is 16.4. The Morgan fingerprint density at radius 1 is 0.837 bits per heavy atom. The van der Waals surface area contributed by atoms with Gasteiger partial charge in [0, 0.05) is 13.0 Å². The van der Waals surface area contributed by atoms with Crippen molar-refractivity contribution < 1.29 is 29.4 Å². The second-order valence-electron chi connectivity index (χ2n) is 10.4. The number of carbonyl (C=O) groups is 4. The molecule has 0 radical (unpaired) electrons. The van der Waals surface area contributed by atoms with Crippen LogP contribution in [-0.2, 0) is 32.0 Å². The summed E-state index contributed by atoms with van der Waals surface area (Å²) >= 11 is 0. The highest BCUT2D eigenvalue weighted by Gasteiger charge is 2.32. The molecule has 0 bridgehead atoms. The van der Waals surface area contributed by atoms with Crippen LogP contribution in [0.2, 0.25) is 0 Å². The van der Waals surface area contributed by atoms with Gasteiger partial charge in [-0.2, -0.15) is 0 Å². The molecule has 2 rings (SSSR count). The second kappa shape index (κ2) is 17.3. The largest absolute Gasteiger partial charge is 0.508 e. The van der Waals surface area contributed by atoms with Crippen LogP contribution in [0.25, 0.3) is 0 Å². The van der Waals surface area contributed by atoms with Crippen molar-refractivity contribution in [3.8, 4) is 5.75 Å². The molecule has 2 aromatic rings. The van der Waals surface area contributed by atoms with E-state index in [2.05, 4.69) is 20.9 Å². The molecule has 0 heterocycles. The van der Waals surface area contributed by atoms with Gasteiger partial charge in [-0.05, 0) is 48.4 Å². The zero-order valence-corrected chi connectivity index (χ0v) is 24.5. The highest BCUT2D eigenvalue weighted by Crippen LogP contribution is 2.12. The Bertz CT molecular complexity index is 1240. The smallest absolute Gasteiger partial charge is 0.326 e. The van der Waals surface area contributed by atoms with Gasteiger partial charge in [0.1, 0.15) is 23.9 Å². The maximum Gasteiger partial charge on any atom is 0.326 e. The minimum atomic E-state index is -1.18. The lowest BCUT2D eigenvalue weighted by Gasteiger charge is -2.26. The highest BCUT2D eigenvalue weighted by molar-refractivity contribution is 5.94. The van der Waals surface area contributed by atoms with Crippen LogP contribution in [0.5, 0.6) is 5.75 Å². The molecular formula is C30H43N7O6. The Hall–Kier alpha value is -4.65. The fourth-order valence-electron chi connectivity index (χ4n) is 4.30. The molecule has 5 atom stereocenters. The minimum absolute atomic E-state index is 0.0761. The lowest BCUT2D eigenvalue weighted by Crippen LogP contribution is -2.58. The molecule has 3 amide bonds. The predicted molar refractivity (Wildman–Crippen MR) is 163 cm³/mol. The first kappa shape index (κ1) is 34.6. The van der Waals surface area contributed by atoms with E-state index in [1.54, 1.807) is 43.3 Å². The fourth-order valence-corrected chi connectivity index (χ4v) is 4.30. The number of benzene rings is 2. The molecule has 0 spiro atoms. The summed E-state index contributed by atoms with van der Waals surface area (Å²) in [4.78, 5) is 55.8.